The van der Waals surface area contributed by atoms with Gasteiger partial charge in [0.1, 0.15) is 53.0 Å². The Morgan fingerprint density at radius 2 is 1.50 bits per heavy atom. The molecule has 0 aliphatic carbocycles. The number of benzene rings is 4. The number of rotatable bonds is 13. The topological polar surface area (TPSA) is 112 Å². The monoisotopic (exact) mass is 778 g/mol. The lowest BCUT2D eigenvalue weighted by Crippen LogP contribution is -2.27. The van der Waals surface area contributed by atoms with Crippen molar-refractivity contribution in [2.24, 2.45) is 0 Å². The second-order valence-electron chi connectivity index (χ2n) is 13.9. The minimum absolute atomic E-state index is 0.00576. The van der Waals surface area contributed by atoms with Gasteiger partial charge in [-0.1, -0.05) is 66.7 Å². The summed E-state index contributed by atoms with van der Waals surface area (Å²) in [6, 6.07) is 37.0. The van der Waals surface area contributed by atoms with Gasteiger partial charge in [-0.25, -0.2) is 23.3 Å². The van der Waals surface area contributed by atoms with Gasteiger partial charge < -0.3 is 19.2 Å². The van der Waals surface area contributed by atoms with E-state index in [9.17, 15) is 18.4 Å². The van der Waals surface area contributed by atoms with Crippen LogP contribution >= 0.6 is 0 Å². The van der Waals surface area contributed by atoms with Gasteiger partial charge in [0, 0.05) is 42.7 Å². The number of ketones is 1. The highest BCUT2D eigenvalue weighted by Crippen LogP contribution is 2.30. The van der Waals surface area contributed by atoms with Crippen LogP contribution in [0.25, 0.3) is 11.3 Å². The van der Waals surface area contributed by atoms with E-state index in [-0.39, 0.29) is 29.9 Å². The number of carbonyl (C=O) groups excluding carboxylic acids is 2. The lowest BCUT2D eigenvalue weighted by atomic mass is 9.97. The number of nitrogens with zero attached hydrogens (tertiary/aromatic N) is 5. The Morgan fingerprint density at radius 1 is 0.759 bits per heavy atom. The number of pyridine rings is 2. The maximum atomic E-state index is 14.2. The van der Waals surface area contributed by atoms with Crippen LogP contribution in [0.3, 0.4) is 0 Å². The molecule has 0 saturated carbocycles. The lowest BCUT2D eigenvalue weighted by molar-refractivity contribution is 0.0948. The molecule has 8 rings (SSSR count). The van der Waals surface area contributed by atoms with Crippen LogP contribution < -0.4 is 14.8 Å². The fourth-order valence-corrected chi connectivity index (χ4v) is 6.43. The van der Waals surface area contributed by atoms with Crippen LogP contribution in [-0.2, 0) is 25.2 Å². The Kier molecular flexibility index (Phi) is 11.9. The molecule has 1 amide bonds. The summed E-state index contributed by atoms with van der Waals surface area (Å²) in [5.41, 5.74) is 4.28. The van der Waals surface area contributed by atoms with Crippen molar-refractivity contribution in [3.63, 3.8) is 0 Å². The van der Waals surface area contributed by atoms with E-state index in [4.69, 9.17) is 9.47 Å². The number of Topliss-reactive ketones (excluding diaryl/α,β-unsaturated/α-hetero) is 1. The molecule has 10 nitrogen and oxygen atoms in total. The van der Waals surface area contributed by atoms with Crippen LogP contribution in [0.1, 0.15) is 63.4 Å². The van der Waals surface area contributed by atoms with E-state index >= 15 is 0 Å². The number of ether oxygens (including phenoxy) is 2. The summed E-state index contributed by atoms with van der Waals surface area (Å²) in [7, 11) is 0. The number of amides is 1. The van der Waals surface area contributed by atoms with Crippen LogP contribution in [-0.4, -0.2) is 35.7 Å². The highest BCUT2D eigenvalue weighted by Gasteiger charge is 2.26. The summed E-state index contributed by atoms with van der Waals surface area (Å²) in [4.78, 5) is 33.6. The first-order valence-corrected chi connectivity index (χ1v) is 18.6. The van der Waals surface area contributed by atoms with Gasteiger partial charge in [-0.15, -0.1) is 0 Å². The van der Waals surface area contributed by atoms with Crippen molar-refractivity contribution in [3.8, 4) is 11.5 Å². The second-order valence-corrected chi connectivity index (χ2v) is 13.9. The normalized spacial score (nSPS) is 11.2. The van der Waals surface area contributed by atoms with Gasteiger partial charge in [0.2, 0.25) is 0 Å². The number of carbonyl (C=O) groups is 2. The molecule has 1 N–H and O–H groups in total. The molecule has 12 heteroatoms. The van der Waals surface area contributed by atoms with E-state index in [2.05, 4.69) is 20.4 Å². The molecule has 0 atom stereocenters. The zero-order valence-electron chi connectivity index (χ0n) is 31.9. The number of imidazole rings is 1. The van der Waals surface area contributed by atoms with Crippen molar-refractivity contribution in [1.82, 2.24) is 29.3 Å². The fraction of sp³-hybridized carbons (Fsp3) is 0.152. The highest BCUT2D eigenvalue weighted by molar-refractivity contribution is 5.99. The molecule has 0 unspecified atom stereocenters. The van der Waals surface area contributed by atoms with Crippen LogP contribution in [0.2, 0.25) is 0 Å². The number of hydrogen-bond acceptors (Lipinski definition) is 7. The van der Waals surface area contributed by atoms with Gasteiger partial charge in [-0.3, -0.25) is 9.59 Å². The number of fused-ring (bicyclic) bond motifs is 2. The van der Waals surface area contributed by atoms with Crippen LogP contribution in [0.4, 0.5) is 8.78 Å². The molecule has 0 spiro atoms. The largest absolute Gasteiger partial charge is 0.489 e. The predicted octanol–water partition coefficient (Wildman–Crippen LogP) is 8.98. The first-order chi connectivity index (χ1) is 28.1. The average Bonchev–Trinajstić information content (AvgIpc) is 3.93. The number of nitrogens with one attached hydrogen (secondary N) is 1. The van der Waals surface area contributed by atoms with Crippen molar-refractivity contribution in [2.75, 3.05) is 0 Å². The minimum atomic E-state index is -0.844. The van der Waals surface area contributed by atoms with Crippen molar-refractivity contribution < 1.29 is 27.8 Å². The van der Waals surface area contributed by atoms with E-state index < -0.39 is 5.60 Å². The van der Waals surface area contributed by atoms with Crippen LogP contribution in [0, 0.1) is 11.6 Å². The zero-order chi connectivity index (χ0) is 40.5. The van der Waals surface area contributed by atoms with Crippen LogP contribution in [0.15, 0.2) is 152 Å². The number of aromatic nitrogens is 5. The summed E-state index contributed by atoms with van der Waals surface area (Å²) in [6.07, 6.45) is 7.64. The third-order valence-electron chi connectivity index (χ3n) is 9.39. The molecule has 8 aromatic rings. The Labute approximate surface area is 333 Å². The smallest absolute Gasteiger partial charge is 0.255 e. The van der Waals surface area contributed by atoms with E-state index in [1.54, 1.807) is 82.0 Å². The predicted molar refractivity (Wildman–Crippen MR) is 216 cm³/mol. The summed E-state index contributed by atoms with van der Waals surface area (Å²) >= 11 is 0. The first kappa shape index (κ1) is 39.0. The van der Waals surface area contributed by atoms with Gasteiger partial charge in [-0.2, -0.15) is 5.10 Å². The molecule has 0 radical (unpaired) electrons. The second kappa shape index (κ2) is 17.7. The summed E-state index contributed by atoms with van der Waals surface area (Å²) in [5, 5.41) is 7.02. The standard InChI is InChI=1S/C24H22FN3O2.C22H18FN3O2/c1-24(2,20-10-3-4-11-21(20)25)30-18-8-5-7-17(15-18)16-27-23(29)19-9-6-13-28-14-12-26-22(19)28;23-19-8-2-1-6-17(19)14-28-18-7-3-5-16(13-18)11-12-21(27)20-9-4-10-22-24-15-25-26(20)22/h3-15H,16H2,1-2H3,(H,27,29);1-10,13,15H,11-12,14H2. The molecule has 0 aliphatic rings. The molecular weight excluding hydrogens is 739 g/mol. The molecule has 292 valence electrons. The average molecular weight is 779 g/mol. The molecule has 4 aromatic heterocycles. The maximum Gasteiger partial charge on any atom is 0.255 e. The van der Waals surface area contributed by atoms with E-state index in [0.717, 1.165) is 11.1 Å². The SMILES string of the molecule is CC(C)(Oc1cccc(CNC(=O)c2cccn3ccnc23)c1)c1ccccc1F.O=C(CCc1cccc(OCc2ccccc2F)c1)c1cccc2ncnn12. The van der Waals surface area contributed by atoms with E-state index in [1.165, 1.54) is 18.5 Å². The lowest BCUT2D eigenvalue weighted by Gasteiger charge is -2.27. The first-order valence-electron chi connectivity index (χ1n) is 18.6. The van der Waals surface area contributed by atoms with Gasteiger partial charge in [0.05, 0.1) is 5.56 Å². The maximum absolute atomic E-state index is 14.2. The van der Waals surface area contributed by atoms with Crippen LogP contribution in [0.5, 0.6) is 11.5 Å². The number of aryl methyl sites for hydroxylation is 1. The summed E-state index contributed by atoms with van der Waals surface area (Å²) in [5.74, 6) is 0.446. The quantitative estimate of drug-likeness (QED) is 0.116. The van der Waals surface area contributed by atoms with Crippen molar-refractivity contribution >= 4 is 23.0 Å². The molecule has 58 heavy (non-hydrogen) atoms. The molecule has 0 bridgehead atoms. The molecule has 0 fully saturated rings. The molecular formula is C46H40F2N6O4. The van der Waals surface area contributed by atoms with Crippen molar-refractivity contribution in [1.29, 1.82) is 0 Å². The molecule has 0 saturated heterocycles. The van der Waals surface area contributed by atoms with Crippen molar-refractivity contribution in [3.05, 3.63) is 197 Å². The van der Waals surface area contributed by atoms with Crippen molar-refractivity contribution in [2.45, 2.75) is 45.4 Å². The Bertz CT molecular complexity index is 2690. The molecule has 4 aromatic carbocycles. The van der Waals surface area contributed by atoms with E-state index in [1.807, 2.05) is 74.6 Å². The fourth-order valence-electron chi connectivity index (χ4n) is 6.43. The minimum Gasteiger partial charge on any atom is -0.489 e. The highest BCUT2D eigenvalue weighted by atomic mass is 19.1. The third kappa shape index (κ3) is 9.42. The molecule has 4 heterocycles. The Morgan fingerprint density at radius 3 is 2.33 bits per heavy atom. The zero-order valence-corrected chi connectivity index (χ0v) is 31.9. The van der Waals surface area contributed by atoms with Gasteiger partial charge in [0.15, 0.2) is 11.4 Å². The molecule has 0 aliphatic heterocycles. The summed E-state index contributed by atoms with van der Waals surface area (Å²) < 4.78 is 43.0. The van der Waals surface area contributed by atoms with Gasteiger partial charge in [-0.05, 0) is 92.1 Å². The Hall–Kier alpha value is -7.21. The van der Waals surface area contributed by atoms with Gasteiger partial charge in [0.25, 0.3) is 5.91 Å². The van der Waals surface area contributed by atoms with Gasteiger partial charge >= 0.3 is 0 Å². The number of halogens is 2. The number of hydrogen-bond donors (Lipinski definition) is 1. The van der Waals surface area contributed by atoms with E-state index in [0.29, 0.717) is 64.6 Å². The Balaban J connectivity index is 0.000000177. The third-order valence-corrected chi connectivity index (χ3v) is 9.39. The summed E-state index contributed by atoms with van der Waals surface area (Å²) in [6.45, 7) is 4.14.